The van der Waals surface area contributed by atoms with E-state index in [0.717, 1.165) is 11.1 Å². The van der Waals surface area contributed by atoms with Crippen LogP contribution in [0.25, 0.3) is 11.3 Å². The highest BCUT2D eigenvalue weighted by Gasteiger charge is 2.15. The van der Waals surface area contributed by atoms with Crippen LogP contribution in [-0.4, -0.2) is 23.2 Å². The van der Waals surface area contributed by atoms with E-state index in [1.54, 1.807) is 31.8 Å². The van der Waals surface area contributed by atoms with Crippen LogP contribution in [-0.2, 0) is 23.6 Å². The molecule has 0 saturated heterocycles. The molecule has 0 atom stereocenters. The highest BCUT2D eigenvalue weighted by atomic mass is 32.2. The molecule has 7 nitrogen and oxygen atoms in total. The van der Waals surface area contributed by atoms with Gasteiger partial charge < -0.3 is 4.42 Å². The van der Waals surface area contributed by atoms with Crippen LogP contribution in [0.2, 0.25) is 0 Å². The van der Waals surface area contributed by atoms with Crippen molar-refractivity contribution in [2.45, 2.75) is 11.4 Å². The maximum absolute atomic E-state index is 12.1. The zero-order valence-corrected chi connectivity index (χ0v) is 12.6. The van der Waals surface area contributed by atoms with Crippen molar-refractivity contribution in [3.63, 3.8) is 0 Å². The van der Waals surface area contributed by atoms with Gasteiger partial charge in [-0.3, -0.25) is 9.67 Å². The van der Waals surface area contributed by atoms with Gasteiger partial charge in [-0.25, -0.2) is 13.1 Å². The van der Waals surface area contributed by atoms with E-state index < -0.39 is 10.0 Å². The number of nitrogens with one attached hydrogen (secondary N) is 1. The highest BCUT2D eigenvalue weighted by Crippen LogP contribution is 2.19. The van der Waals surface area contributed by atoms with E-state index in [9.17, 15) is 8.42 Å². The SMILES string of the molecule is Cn1cc(S(=O)(=O)NCc2cncc(-c3ccco3)c2)cn1. The summed E-state index contributed by atoms with van der Waals surface area (Å²) >= 11 is 0. The molecule has 0 radical (unpaired) electrons. The zero-order valence-electron chi connectivity index (χ0n) is 11.8. The van der Waals surface area contributed by atoms with Crippen LogP contribution >= 0.6 is 0 Å². The Morgan fingerprint density at radius 3 is 2.86 bits per heavy atom. The van der Waals surface area contributed by atoms with Gasteiger partial charge in [-0.15, -0.1) is 0 Å². The lowest BCUT2D eigenvalue weighted by molar-refractivity contribution is 0.580. The number of aryl methyl sites for hydroxylation is 1. The van der Waals surface area contributed by atoms with Gasteiger partial charge in [0.15, 0.2) is 0 Å². The Kier molecular flexibility index (Phi) is 3.78. The molecule has 3 aromatic heterocycles. The maximum Gasteiger partial charge on any atom is 0.243 e. The zero-order chi connectivity index (χ0) is 15.6. The van der Waals surface area contributed by atoms with Crippen molar-refractivity contribution >= 4 is 10.0 Å². The van der Waals surface area contributed by atoms with Crippen molar-refractivity contribution in [3.05, 3.63) is 54.8 Å². The molecule has 0 unspecified atom stereocenters. The molecule has 0 aliphatic carbocycles. The summed E-state index contributed by atoms with van der Waals surface area (Å²) in [7, 11) is -1.93. The largest absolute Gasteiger partial charge is 0.464 e. The molecule has 114 valence electrons. The third kappa shape index (κ3) is 3.07. The van der Waals surface area contributed by atoms with E-state index in [2.05, 4.69) is 14.8 Å². The molecule has 3 aromatic rings. The minimum absolute atomic E-state index is 0.130. The van der Waals surface area contributed by atoms with Gasteiger partial charge >= 0.3 is 0 Å². The van der Waals surface area contributed by atoms with Gasteiger partial charge in [0.05, 0.1) is 12.5 Å². The van der Waals surface area contributed by atoms with E-state index in [-0.39, 0.29) is 11.4 Å². The van der Waals surface area contributed by atoms with Gasteiger partial charge in [-0.1, -0.05) is 0 Å². The molecule has 0 spiro atoms. The second-order valence-electron chi connectivity index (χ2n) is 4.73. The maximum atomic E-state index is 12.1. The lowest BCUT2D eigenvalue weighted by atomic mass is 10.2. The number of nitrogens with zero attached hydrogens (tertiary/aromatic N) is 3. The molecule has 8 heteroatoms. The van der Waals surface area contributed by atoms with E-state index in [1.807, 2.05) is 12.1 Å². The first-order valence-corrected chi connectivity index (χ1v) is 7.99. The lowest BCUT2D eigenvalue weighted by Crippen LogP contribution is -2.23. The molecule has 3 heterocycles. The van der Waals surface area contributed by atoms with Gasteiger partial charge in [0.25, 0.3) is 0 Å². The van der Waals surface area contributed by atoms with E-state index in [1.165, 1.54) is 17.1 Å². The van der Waals surface area contributed by atoms with Gasteiger partial charge in [0, 0.05) is 37.7 Å². The van der Waals surface area contributed by atoms with E-state index in [0.29, 0.717) is 5.76 Å². The highest BCUT2D eigenvalue weighted by molar-refractivity contribution is 7.89. The summed E-state index contributed by atoms with van der Waals surface area (Å²) in [6.07, 6.45) is 7.60. The van der Waals surface area contributed by atoms with Crippen LogP contribution in [0, 0.1) is 0 Å². The van der Waals surface area contributed by atoms with Gasteiger partial charge in [0.2, 0.25) is 10.0 Å². The van der Waals surface area contributed by atoms with Crippen molar-refractivity contribution < 1.29 is 12.8 Å². The second kappa shape index (κ2) is 5.74. The number of hydrogen-bond acceptors (Lipinski definition) is 5. The minimum atomic E-state index is -3.59. The van der Waals surface area contributed by atoms with Gasteiger partial charge in [-0.05, 0) is 23.8 Å². The molecule has 3 rings (SSSR count). The molecule has 0 aromatic carbocycles. The molecule has 22 heavy (non-hydrogen) atoms. The predicted octanol–water partition coefficient (Wildman–Crippen LogP) is 1.55. The topological polar surface area (TPSA) is 90.0 Å². The molecule has 0 bridgehead atoms. The molecule has 0 aliphatic rings. The van der Waals surface area contributed by atoms with E-state index >= 15 is 0 Å². The Morgan fingerprint density at radius 1 is 1.32 bits per heavy atom. The summed E-state index contributed by atoms with van der Waals surface area (Å²) in [6.45, 7) is 0.138. The fourth-order valence-corrected chi connectivity index (χ4v) is 2.96. The quantitative estimate of drug-likeness (QED) is 0.771. The van der Waals surface area contributed by atoms with Crippen molar-refractivity contribution in [1.82, 2.24) is 19.5 Å². The molecule has 0 fully saturated rings. The third-order valence-electron chi connectivity index (χ3n) is 3.06. The predicted molar refractivity (Wildman–Crippen MR) is 79.2 cm³/mol. The minimum Gasteiger partial charge on any atom is -0.464 e. The summed E-state index contributed by atoms with van der Waals surface area (Å²) in [5, 5.41) is 3.86. The van der Waals surface area contributed by atoms with Crippen LogP contribution in [0.3, 0.4) is 0 Å². The molecule has 1 N–H and O–H groups in total. The standard InChI is InChI=1S/C14H14N4O3S/c1-18-10-13(9-16-18)22(19,20)17-7-11-5-12(8-15-6-11)14-3-2-4-21-14/h2-6,8-10,17H,7H2,1H3. The fraction of sp³-hybridized carbons (Fsp3) is 0.143. The Hall–Kier alpha value is -2.45. The van der Waals surface area contributed by atoms with Crippen molar-refractivity contribution in [3.8, 4) is 11.3 Å². The van der Waals surface area contributed by atoms with Crippen LogP contribution in [0.5, 0.6) is 0 Å². The van der Waals surface area contributed by atoms with Crippen molar-refractivity contribution in [2.24, 2.45) is 7.05 Å². The first kappa shape index (κ1) is 14.5. The lowest BCUT2D eigenvalue weighted by Gasteiger charge is -2.05. The molecular weight excluding hydrogens is 304 g/mol. The summed E-state index contributed by atoms with van der Waals surface area (Å²) in [5.41, 5.74) is 1.53. The smallest absolute Gasteiger partial charge is 0.243 e. The average molecular weight is 318 g/mol. The summed E-state index contributed by atoms with van der Waals surface area (Å²) < 4.78 is 33.5. The number of furan rings is 1. The average Bonchev–Trinajstić information content (AvgIpc) is 3.17. The normalized spacial score (nSPS) is 11.7. The Labute approximate surface area is 127 Å². The van der Waals surface area contributed by atoms with Crippen LogP contribution < -0.4 is 4.72 Å². The number of pyridine rings is 1. The number of aromatic nitrogens is 3. The van der Waals surface area contributed by atoms with Crippen molar-refractivity contribution in [2.75, 3.05) is 0 Å². The molecule has 0 saturated carbocycles. The fourth-order valence-electron chi connectivity index (χ4n) is 1.96. The Morgan fingerprint density at radius 2 is 2.18 bits per heavy atom. The summed E-state index contributed by atoms with van der Waals surface area (Å²) in [4.78, 5) is 4.24. The molecule has 0 amide bonds. The first-order chi connectivity index (χ1) is 10.5. The second-order valence-corrected chi connectivity index (χ2v) is 6.50. The number of hydrogen-bond donors (Lipinski definition) is 1. The first-order valence-electron chi connectivity index (χ1n) is 6.51. The summed E-state index contributed by atoms with van der Waals surface area (Å²) in [6, 6.07) is 5.44. The molecule has 0 aliphatic heterocycles. The number of rotatable bonds is 5. The Balaban J connectivity index is 1.75. The summed E-state index contributed by atoms with van der Waals surface area (Å²) in [5.74, 6) is 0.685. The van der Waals surface area contributed by atoms with Crippen molar-refractivity contribution in [1.29, 1.82) is 0 Å². The van der Waals surface area contributed by atoms with Crippen LogP contribution in [0.15, 0.2) is 58.6 Å². The van der Waals surface area contributed by atoms with E-state index in [4.69, 9.17) is 4.42 Å². The monoisotopic (exact) mass is 318 g/mol. The number of sulfonamides is 1. The van der Waals surface area contributed by atoms with Gasteiger partial charge in [-0.2, -0.15) is 5.10 Å². The Bertz CT molecular complexity index is 869. The van der Waals surface area contributed by atoms with Crippen LogP contribution in [0.1, 0.15) is 5.56 Å². The molecular formula is C14H14N4O3S. The van der Waals surface area contributed by atoms with Crippen LogP contribution in [0.4, 0.5) is 0 Å². The third-order valence-corrected chi connectivity index (χ3v) is 4.41. The van der Waals surface area contributed by atoms with Gasteiger partial charge in [0.1, 0.15) is 10.7 Å².